The van der Waals surface area contributed by atoms with Crippen LogP contribution in [0.15, 0.2) is 11.4 Å². The quantitative estimate of drug-likeness (QED) is 0.838. The third kappa shape index (κ3) is 4.11. The number of thiophene rings is 1. The summed E-state index contributed by atoms with van der Waals surface area (Å²) in [6.07, 6.45) is -0.290. The molecule has 2 nitrogen and oxygen atoms in total. The lowest BCUT2D eigenvalue weighted by Gasteiger charge is -2.18. The number of nitrogens with one attached hydrogen (secondary N) is 1. The van der Waals surface area contributed by atoms with Gasteiger partial charge in [-0.1, -0.05) is 25.4 Å². The molecular weight excluding hydrogens is 230 g/mol. The first-order valence-corrected chi connectivity index (χ1v) is 6.42. The number of halogens is 1. The molecule has 0 saturated carbocycles. The SMILES string of the molecule is CC(NCC(O)C(C)C)c1csc(Cl)c1. The van der Waals surface area contributed by atoms with E-state index in [-0.39, 0.29) is 18.1 Å². The van der Waals surface area contributed by atoms with Gasteiger partial charge in [-0.25, -0.2) is 0 Å². The second-order valence-corrected chi connectivity index (χ2v) is 5.67. The zero-order valence-corrected chi connectivity index (χ0v) is 10.9. The van der Waals surface area contributed by atoms with Crippen molar-refractivity contribution < 1.29 is 5.11 Å². The number of hydrogen-bond acceptors (Lipinski definition) is 3. The maximum Gasteiger partial charge on any atom is 0.0931 e. The van der Waals surface area contributed by atoms with Gasteiger partial charge in [-0.2, -0.15) is 0 Å². The molecule has 0 amide bonds. The number of rotatable bonds is 5. The highest BCUT2D eigenvalue weighted by Gasteiger charge is 2.12. The van der Waals surface area contributed by atoms with E-state index in [2.05, 4.69) is 12.2 Å². The Morgan fingerprint density at radius 3 is 2.60 bits per heavy atom. The lowest BCUT2D eigenvalue weighted by atomic mass is 10.1. The molecule has 0 aromatic carbocycles. The Hall–Kier alpha value is -0.0900. The molecule has 0 bridgehead atoms. The van der Waals surface area contributed by atoms with Crippen LogP contribution >= 0.6 is 22.9 Å². The molecule has 86 valence electrons. The van der Waals surface area contributed by atoms with E-state index in [0.717, 1.165) is 4.34 Å². The highest BCUT2D eigenvalue weighted by molar-refractivity contribution is 7.14. The van der Waals surface area contributed by atoms with Crippen LogP contribution in [0.5, 0.6) is 0 Å². The van der Waals surface area contributed by atoms with Crippen LogP contribution in [0.4, 0.5) is 0 Å². The normalized spacial score (nSPS) is 15.6. The molecule has 1 aromatic rings. The van der Waals surface area contributed by atoms with Gasteiger partial charge in [0, 0.05) is 12.6 Å². The van der Waals surface area contributed by atoms with Gasteiger partial charge in [-0.15, -0.1) is 11.3 Å². The monoisotopic (exact) mass is 247 g/mol. The zero-order chi connectivity index (χ0) is 11.4. The molecular formula is C11H18ClNOS. The Bertz CT molecular complexity index is 301. The van der Waals surface area contributed by atoms with Crippen LogP contribution in [-0.2, 0) is 0 Å². The summed E-state index contributed by atoms with van der Waals surface area (Å²) in [6, 6.07) is 2.20. The summed E-state index contributed by atoms with van der Waals surface area (Å²) in [6.45, 7) is 6.72. The molecule has 2 atom stereocenters. The molecule has 1 aromatic heterocycles. The zero-order valence-electron chi connectivity index (χ0n) is 9.33. The van der Waals surface area contributed by atoms with Crippen molar-refractivity contribution in [2.45, 2.75) is 32.9 Å². The molecule has 0 saturated heterocycles. The minimum absolute atomic E-state index is 0.238. The number of aliphatic hydroxyl groups is 1. The fraction of sp³-hybridized carbons (Fsp3) is 0.636. The van der Waals surface area contributed by atoms with E-state index in [1.54, 1.807) is 0 Å². The lowest BCUT2D eigenvalue weighted by molar-refractivity contribution is 0.121. The van der Waals surface area contributed by atoms with E-state index < -0.39 is 0 Å². The van der Waals surface area contributed by atoms with Crippen molar-refractivity contribution in [2.24, 2.45) is 5.92 Å². The maximum absolute atomic E-state index is 9.64. The van der Waals surface area contributed by atoms with Gasteiger partial charge < -0.3 is 10.4 Å². The molecule has 0 spiro atoms. The van der Waals surface area contributed by atoms with Crippen molar-refractivity contribution in [3.8, 4) is 0 Å². The van der Waals surface area contributed by atoms with Crippen LogP contribution in [0.25, 0.3) is 0 Å². The summed E-state index contributed by atoms with van der Waals surface area (Å²) >= 11 is 7.40. The first-order valence-electron chi connectivity index (χ1n) is 5.16. The molecule has 2 N–H and O–H groups in total. The lowest BCUT2D eigenvalue weighted by Crippen LogP contribution is -2.32. The minimum atomic E-state index is -0.290. The van der Waals surface area contributed by atoms with Crippen molar-refractivity contribution in [1.29, 1.82) is 0 Å². The Balaban J connectivity index is 2.39. The molecule has 1 heterocycles. The summed E-state index contributed by atoms with van der Waals surface area (Å²) in [5.41, 5.74) is 1.18. The van der Waals surface area contributed by atoms with Crippen LogP contribution in [0.3, 0.4) is 0 Å². The second-order valence-electron chi connectivity index (χ2n) is 4.13. The molecule has 0 aliphatic rings. The van der Waals surface area contributed by atoms with Gasteiger partial charge in [-0.05, 0) is 29.9 Å². The van der Waals surface area contributed by atoms with Crippen molar-refractivity contribution >= 4 is 22.9 Å². The first-order chi connectivity index (χ1) is 7.00. The van der Waals surface area contributed by atoms with Gasteiger partial charge in [-0.3, -0.25) is 0 Å². The Labute approximate surface area is 100 Å². The van der Waals surface area contributed by atoms with Crippen molar-refractivity contribution in [2.75, 3.05) is 6.54 Å². The van der Waals surface area contributed by atoms with Crippen molar-refractivity contribution in [1.82, 2.24) is 5.32 Å². The van der Waals surface area contributed by atoms with Gasteiger partial charge >= 0.3 is 0 Å². The van der Waals surface area contributed by atoms with Crippen LogP contribution in [0, 0.1) is 5.92 Å². The molecule has 0 aliphatic carbocycles. The van der Waals surface area contributed by atoms with E-state index in [9.17, 15) is 5.11 Å². The summed E-state index contributed by atoms with van der Waals surface area (Å²) in [5.74, 6) is 0.288. The Kier molecular flexibility index (Phi) is 5.06. The van der Waals surface area contributed by atoms with Gasteiger partial charge in [0.1, 0.15) is 0 Å². The third-order valence-corrected chi connectivity index (χ3v) is 3.60. The second kappa shape index (κ2) is 5.85. The van der Waals surface area contributed by atoms with Gasteiger partial charge in [0.15, 0.2) is 0 Å². The van der Waals surface area contributed by atoms with E-state index in [1.807, 2.05) is 25.3 Å². The van der Waals surface area contributed by atoms with Gasteiger partial charge in [0.05, 0.1) is 10.4 Å². The molecule has 0 aliphatic heterocycles. The van der Waals surface area contributed by atoms with Gasteiger partial charge in [0.2, 0.25) is 0 Å². The topological polar surface area (TPSA) is 32.3 Å². The molecule has 4 heteroatoms. The minimum Gasteiger partial charge on any atom is -0.392 e. The average Bonchev–Trinajstić information content (AvgIpc) is 2.60. The highest BCUT2D eigenvalue weighted by atomic mass is 35.5. The largest absolute Gasteiger partial charge is 0.392 e. The van der Waals surface area contributed by atoms with Crippen molar-refractivity contribution in [3.05, 3.63) is 21.3 Å². The number of aliphatic hydroxyl groups excluding tert-OH is 1. The molecule has 1 rings (SSSR count). The summed E-state index contributed by atoms with van der Waals surface area (Å²) in [4.78, 5) is 0. The third-order valence-electron chi connectivity index (χ3n) is 2.49. The summed E-state index contributed by atoms with van der Waals surface area (Å²) in [5, 5.41) is 15.0. The average molecular weight is 248 g/mol. The van der Waals surface area contributed by atoms with E-state index in [0.29, 0.717) is 6.54 Å². The fourth-order valence-corrected chi connectivity index (χ4v) is 2.19. The van der Waals surface area contributed by atoms with Crippen LogP contribution in [-0.4, -0.2) is 17.8 Å². The molecule has 15 heavy (non-hydrogen) atoms. The van der Waals surface area contributed by atoms with Crippen molar-refractivity contribution in [3.63, 3.8) is 0 Å². The van der Waals surface area contributed by atoms with E-state index in [4.69, 9.17) is 11.6 Å². The smallest absolute Gasteiger partial charge is 0.0931 e. The number of hydrogen-bond donors (Lipinski definition) is 2. The van der Waals surface area contributed by atoms with Crippen LogP contribution in [0.2, 0.25) is 4.34 Å². The van der Waals surface area contributed by atoms with E-state index >= 15 is 0 Å². The standard InChI is InChI=1S/C11H18ClNOS/c1-7(2)10(14)5-13-8(3)9-4-11(12)15-6-9/h4,6-8,10,13-14H,5H2,1-3H3. The highest BCUT2D eigenvalue weighted by Crippen LogP contribution is 2.24. The van der Waals surface area contributed by atoms with E-state index in [1.165, 1.54) is 16.9 Å². The van der Waals surface area contributed by atoms with Crippen LogP contribution in [0.1, 0.15) is 32.4 Å². The summed E-state index contributed by atoms with van der Waals surface area (Å²) in [7, 11) is 0. The Morgan fingerprint density at radius 1 is 1.47 bits per heavy atom. The molecule has 0 fully saturated rings. The van der Waals surface area contributed by atoms with Gasteiger partial charge in [0.25, 0.3) is 0 Å². The predicted molar refractivity (Wildman–Crippen MR) is 66.6 cm³/mol. The molecule has 0 radical (unpaired) electrons. The van der Waals surface area contributed by atoms with Crippen LogP contribution < -0.4 is 5.32 Å². The maximum atomic E-state index is 9.64. The predicted octanol–water partition coefficient (Wildman–Crippen LogP) is 3.07. The fourth-order valence-electron chi connectivity index (χ4n) is 1.20. The summed E-state index contributed by atoms with van der Waals surface area (Å²) < 4.78 is 0.808. The molecule has 2 unspecified atom stereocenters. The Morgan fingerprint density at radius 2 is 2.13 bits per heavy atom. The first kappa shape index (κ1) is 13.0.